The molecule has 11 rings (SSSR count). The lowest BCUT2D eigenvalue weighted by atomic mass is 9.89. The highest BCUT2D eigenvalue weighted by Gasteiger charge is 2.21. The summed E-state index contributed by atoms with van der Waals surface area (Å²) in [5, 5.41) is 10.3. The minimum Gasteiger partial charge on any atom is -0.208 e. The van der Waals surface area contributed by atoms with Gasteiger partial charge in [-0.25, -0.2) is 15.0 Å². The summed E-state index contributed by atoms with van der Waals surface area (Å²) in [5.41, 5.74) is 7.58. The molecular weight excluding hydrogens is 663 g/mol. The second-order valence-corrected chi connectivity index (χ2v) is 14.6. The number of aromatic nitrogens is 3. The Kier molecular flexibility index (Phi) is 6.73. The third-order valence-electron chi connectivity index (χ3n) is 10.5. The lowest BCUT2D eigenvalue weighted by Gasteiger charge is -2.15. The number of thiophene rings is 1. The second kappa shape index (κ2) is 11.9. The fraction of sp³-hybridized carbons (Fsp3) is 0. The van der Waals surface area contributed by atoms with E-state index in [9.17, 15) is 0 Å². The van der Waals surface area contributed by atoms with Gasteiger partial charge in [0.05, 0.1) is 0 Å². The van der Waals surface area contributed by atoms with Crippen LogP contribution in [0.5, 0.6) is 0 Å². The molecule has 0 saturated carbocycles. The van der Waals surface area contributed by atoms with Crippen molar-refractivity contribution in [2.75, 3.05) is 0 Å². The topological polar surface area (TPSA) is 38.7 Å². The fourth-order valence-electron chi connectivity index (χ4n) is 7.99. The Balaban J connectivity index is 1.13. The molecule has 0 unspecified atom stereocenters. The lowest BCUT2D eigenvalue weighted by Crippen LogP contribution is -2.01. The molecule has 0 fully saturated rings. The maximum atomic E-state index is 5.17. The van der Waals surface area contributed by atoms with Gasteiger partial charge in [-0.2, -0.15) is 0 Å². The summed E-state index contributed by atoms with van der Waals surface area (Å²) < 4.78 is 2.49. The van der Waals surface area contributed by atoms with Gasteiger partial charge in [-0.05, 0) is 61.1 Å². The van der Waals surface area contributed by atoms with Crippen LogP contribution in [0.3, 0.4) is 0 Å². The van der Waals surface area contributed by atoms with E-state index in [1.54, 1.807) is 0 Å². The highest BCUT2D eigenvalue weighted by Crippen LogP contribution is 2.46. The zero-order chi connectivity index (χ0) is 34.9. The van der Waals surface area contributed by atoms with E-state index in [4.69, 9.17) is 15.0 Å². The molecule has 0 aliphatic rings. The molecule has 0 bridgehead atoms. The van der Waals surface area contributed by atoms with Crippen LogP contribution in [0.25, 0.3) is 109 Å². The SMILES string of the molecule is c1ccc(-c2nc(-c3ccccc3)nc(-c3ccc4c(sc5ccccc54)c3-c3ccc(-c4ccc5ccc6cccc7ccc4c5c67)cc3)n2)cc1. The maximum absolute atomic E-state index is 5.17. The average Bonchev–Trinajstić information content (AvgIpc) is 3.62. The number of hydrogen-bond donors (Lipinski definition) is 0. The molecule has 2 heterocycles. The first-order valence-corrected chi connectivity index (χ1v) is 18.7. The second-order valence-electron chi connectivity index (χ2n) is 13.5. The van der Waals surface area contributed by atoms with E-state index in [1.807, 2.05) is 47.7 Å². The van der Waals surface area contributed by atoms with Crippen LogP contribution >= 0.6 is 11.3 Å². The van der Waals surface area contributed by atoms with Crippen molar-refractivity contribution in [3.63, 3.8) is 0 Å². The summed E-state index contributed by atoms with van der Waals surface area (Å²) in [6.45, 7) is 0. The van der Waals surface area contributed by atoms with Gasteiger partial charge < -0.3 is 0 Å². The van der Waals surface area contributed by atoms with E-state index in [0.717, 1.165) is 27.8 Å². The van der Waals surface area contributed by atoms with Gasteiger partial charge >= 0.3 is 0 Å². The van der Waals surface area contributed by atoms with Crippen LogP contribution in [-0.4, -0.2) is 15.0 Å². The summed E-state index contributed by atoms with van der Waals surface area (Å²) in [6, 6.07) is 62.7. The highest BCUT2D eigenvalue weighted by molar-refractivity contribution is 7.26. The molecule has 0 aliphatic heterocycles. The molecule has 0 amide bonds. The van der Waals surface area contributed by atoms with Crippen molar-refractivity contribution in [1.29, 1.82) is 0 Å². The first-order chi connectivity index (χ1) is 26.3. The largest absolute Gasteiger partial charge is 0.208 e. The third kappa shape index (κ3) is 4.84. The number of fused-ring (bicyclic) bond motifs is 3. The molecule has 53 heavy (non-hydrogen) atoms. The number of rotatable bonds is 5. The van der Waals surface area contributed by atoms with Crippen LogP contribution in [0, 0.1) is 0 Å². The van der Waals surface area contributed by atoms with E-state index in [2.05, 4.69) is 140 Å². The molecule has 11 aromatic rings. The minimum absolute atomic E-state index is 0.654. The van der Waals surface area contributed by atoms with E-state index in [1.165, 1.54) is 63.6 Å². The molecule has 0 atom stereocenters. The molecule has 4 heteroatoms. The number of hydrogen-bond acceptors (Lipinski definition) is 4. The summed E-state index contributed by atoms with van der Waals surface area (Å²) in [7, 11) is 0. The smallest absolute Gasteiger partial charge is 0.164 e. The van der Waals surface area contributed by atoms with Crippen molar-refractivity contribution in [3.05, 3.63) is 176 Å². The van der Waals surface area contributed by atoms with Crippen molar-refractivity contribution < 1.29 is 0 Å². The maximum Gasteiger partial charge on any atom is 0.164 e. The van der Waals surface area contributed by atoms with Gasteiger partial charge in [0.15, 0.2) is 17.5 Å². The summed E-state index contributed by atoms with van der Waals surface area (Å²) in [6.07, 6.45) is 0. The van der Waals surface area contributed by atoms with Crippen molar-refractivity contribution in [2.24, 2.45) is 0 Å². The van der Waals surface area contributed by atoms with Gasteiger partial charge in [-0.1, -0.05) is 164 Å². The Morgan fingerprint density at radius 1 is 0.321 bits per heavy atom. The highest BCUT2D eigenvalue weighted by atomic mass is 32.1. The van der Waals surface area contributed by atoms with Gasteiger partial charge in [-0.15, -0.1) is 11.3 Å². The first kappa shape index (κ1) is 29.9. The van der Waals surface area contributed by atoms with Crippen LogP contribution in [0.1, 0.15) is 0 Å². The summed E-state index contributed by atoms with van der Waals surface area (Å²) in [5.74, 6) is 1.96. The number of benzene rings is 9. The quantitative estimate of drug-likeness (QED) is 0.169. The normalized spacial score (nSPS) is 11.8. The third-order valence-corrected chi connectivity index (χ3v) is 11.7. The standard InChI is InChI=1S/C49H29N3S/c1-3-10-35(11-4-1)47-50-48(36-12-5-2-6-13-36)52-49(51-47)41-29-28-40-38-16-7-8-17-42(38)53-46(40)45(41)34-20-18-30(19-21-34)37-26-24-33-23-22-31-14-9-15-32-25-27-39(37)44(33)43(31)32/h1-29H. The van der Waals surface area contributed by atoms with Crippen molar-refractivity contribution in [3.8, 4) is 56.4 Å². The Bertz CT molecular complexity index is 3080. The van der Waals surface area contributed by atoms with Crippen molar-refractivity contribution >= 4 is 63.8 Å². The van der Waals surface area contributed by atoms with Crippen molar-refractivity contribution in [2.45, 2.75) is 0 Å². The molecule has 246 valence electrons. The predicted molar refractivity (Wildman–Crippen MR) is 224 cm³/mol. The van der Waals surface area contributed by atoms with Crippen LogP contribution in [-0.2, 0) is 0 Å². The van der Waals surface area contributed by atoms with E-state index >= 15 is 0 Å². The van der Waals surface area contributed by atoms with Gasteiger partial charge in [0.25, 0.3) is 0 Å². The Morgan fingerprint density at radius 3 is 1.58 bits per heavy atom. The molecule has 0 spiro atoms. The first-order valence-electron chi connectivity index (χ1n) is 17.9. The molecule has 3 nitrogen and oxygen atoms in total. The predicted octanol–water partition coefficient (Wildman–Crippen LogP) is 13.5. The van der Waals surface area contributed by atoms with Crippen molar-refractivity contribution in [1.82, 2.24) is 15.0 Å². The van der Waals surface area contributed by atoms with Crippen LogP contribution in [0.2, 0.25) is 0 Å². The van der Waals surface area contributed by atoms with E-state index < -0.39 is 0 Å². The van der Waals surface area contributed by atoms with Crippen LogP contribution in [0.4, 0.5) is 0 Å². The fourth-order valence-corrected chi connectivity index (χ4v) is 9.27. The van der Waals surface area contributed by atoms with Gasteiger partial charge in [-0.3, -0.25) is 0 Å². The molecular formula is C49H29N3S. The Hall–Kier alpha value is -6.75. The lowest BCUT2D eigenvalue weighted by molar-refractivity contribution is 1.07. The zero-order valence-electron chi connectivity index (χ0n) is 28.5. The summed E-state index contributed by atoms with van der Waals surface area (Å²) in [4.78, 5) is 15.3. The molecule has 9 aromatic carbocycles. The van der Waals surface area contributed by atoms with Crippen LogP contribution in [0.15, 0.2) is 176 Å². The Labute approximate surface area is 309 Å². The monoisotopic (exact) mass is 691 g/mol. The molecule has 0 radical (unpaired) electrons. The van der Waals surface area contributed by atoms with E-state index in [-0.39, 0.29) is 0 Å². The number of nitrogens with zero attached hydrogens (tertiary/aromatic N) is 3. The van der Waals surface area contributed by atoms with Gasteiger partial charge in [0, 0.05) is 42.4 Å². The van der Waals surface area contributed by atoms with Gasteiger partial charge in [0.1, 0.15) is 0 Å². The van der Waals surface area contributed by atoms with Gasteiger partial charge in [0.2, 0.25) is 0 Å². The van der Waals surface area contributed by atoms with Crippen LogP contribution < -0.4 is 0 Å². The summed E-state index contributed by atoms with van der Waals surface area (Å²) >= 11 is 1.83. The molecule has 0 N–H and O–H groups in total. The molecule has 2 aromatic heterocycles. The van der Waals surface area contributed by atoms with E-state index in [0.29, 0.717) is 17.5 Å². The molecule has 0 saturated heterocycles. The minimum atomic E-state index is 0.654. The average molecular weight is 692 g/mol. The zero-order valence-corrected chi connectivity index (χ0v) is 29.3. The molecule has 0 aliphatic carbocycles. The Morgan fingerprint density at radius 2 is 0.868 bits per heavy atom.